The molecule has 0 bridgehead atoms. The third kappa shape index (κ3) is 11.2. The number of ether oxygens (including phenoxy) is 3. The minimum absolute atomic E-state index is 0.0121. The van der Waals surface area contributed by atoms with Gasteiger partial charge >= 0.3 is 0 Å². The highest BCUT2D eigenvalue weighted by Crippen LogP contribution is 2.44. The minimum atomic E-state index is -3.92. The molecule has 2 aromatic rings. The van der Waals surface area contributed by atoms with Gasteiger partial charge in [-0.3, -0.25) is 5.04 Å². The summed E-state index contributed by atoms with van der Waals surface area (Å²) < 4.78 is 59.4. The molecule has 4 rings (SSSR count). The number of benzene rings is 3. The van der Waals surface area contributed by atoms with Crippen LogP contribution in [0.5, 0.6) is 0 Å². The van der Waals surface area contributed by atoms with Crippen LogP contribution in [0.15, 0.2) is 68.8 Å². The molecule has 0 fully saturated rings. The molecule has 0 atom stereocenters. The van der Waals surface area contributed by atoms with E-state index in [2.05, 4.69) is 59.1 Å². The SMILES string of the molecule is CCN(CC)c1ccc2c(-c3ccc(S(=O)(=O)NCCCOCCOCCOCCCN)cc3SOO[O-])c3ccc(=[N+](CC)CC)cc-3oc2c1. The van der Waals surface area contributed by atoms with Gasteiger partial charge in [0, 0.05) is 72.1 Å². The summed E-state index contributed by atoms with van der Waals surface area (Å²) in [6.07, 6.45) is 1.28. The molecule has 2 aliphatic rings. The molecule has 0 aromatic heterocycles. The van der Waals surface area contributed by atoms with E-state index in [1.165, 1.54) is 6.07 Å². The second kappa shape index (κ2) is 21.6. The van der Waals surface area contributed by atoms with Gasteiger partial charge in [-0.2, -0.15) is 4.33 Å². The Morgan fingerprint density at radius 3 is 2.17 bits per heavy atom. The summed E-state index contributed by atoms with van der Waals surface area (Å²) in [5.41, 5.74) is 9.40. The number of hydrogen-bond donors (Lipinski definition) is 2. The highest BCUT2D eigenvalue weighted by Gasteiger charge is 2.24. The monoisotopic (exact) mass is 760 g/mol. The van der Waals surface area contributed by atoms with Gasteiger partial charge in [-0.25, -0.2) is 17.7 Å². The summed E-state index contributed by atoms with van der Waals surface area (Å²) in [5.74, 6) is 0.667. The number of rotatable bonds is 24. The first kappa shape index (κ1) is 41.7. The summed E-state index contributed by atoms with van der Waals surface area (Å²) in [7, 11) is -3.92. The lowest BCUT2D eigenvalue weighted by Crippen LogP contribution is -2.29. The molecular formula is C37H52N4O9S2. The fourth-order valence-electron chi connectivity index (χ4n) is 5.92. The number of hydrogen-bond acceptors (Lipinski definition) is 12. The standard InChI is InChI=1S/C37H52N4O9S2/c1-5-40(6-2)28-11-14-31-34(25-28)48-35-26-29(41(7-3)8-4)12-15-32(35)37(31)33-16-13-30(27-36(33)51-50-49-42)52(43,44)39-18-10-20-46-22-24-47-23-21-45-19-9-17-38/h11-16,25-27,39H,5-10,17-24,38H2,1-4H3. The Balaban J connectivity index is 1.59. The zero-order chi connectivity index (χ0) is 37.3. The molecule has 0 saturated heterocycles. The second-order valence-corrected chi connectivity index (χ2v) is 14.3. The molecule has 0 unspecified atom stereocenters. The Kier molecular flexibility index (Phi) is 17.3. The molecule has 2 aromatic carbocycles. The minimum Gasteiger partial charge on any atom is -0.691 e. The van der Waals surface area contributed by atoms with E-state index in [0.29, 0.717) is 86.5 Å². The number of fused-ring (bicyclic) bond motifs is 2. The first-order chi connectivity index (χ1) is 25.3. The quantitative estimate of drug-likeness (QED) is 0.0263. The van der Waals surface area contributed by atoms with E-state index >= 15 is 0 Å². The zero-order valence-corrected chi connectivity index (χ0v) is 32.2. The van der Waals surface area contributed by atoms with Gasteiger partial charge in [-0.05, 0) is 83.0 Å². The predicted molar refractivity (Wildman–Crippen MR) is 202 cm³/mol. The molecule has 0 spiro atoms. The predicted octanol–water partition coefficient (Wildman–Crippen LogP) is 4.16. The lowest BCUT2D eigenvalue weighted by molar-refractivity contribution is -0.777. The van der Waals surface area contributed by atoms with Gasteiger partial charge in [0.05, 0.1) is 49.4 Å². The summed E-state index contributed by atoms with van der Waals surface area (Å²) in [4.78, 5) is 2.63. The maximum absolute atomic E-state index is 13.4. The van der Waals surface area contributed by atoms with Gasteiger partial charge in [0.25, 0.3) is 0 Å². The molecule has 15 heteroatoms. The molecule has 52 heavy (non-hydrogen) atoms. The number of nitrogens with zero attached hydrogens (tertiary/aromatic N) is 2. The molecular weight excluding hydrogens is 709 g/mol. The van der Waals surface area contributed by atoms with Crippen LogP contribution in [-0.4, -0.2) is 87.3 Å². The van der Waals surface area contributed by atoms with E-state index in [-0.39, 0.29) is 11.4 Å². The van der Waals surface area contributed by atoms with Crippen molar-refractivity contribution < 1.29 is 41.7 Å². The van der Waals surface area contributed by atoms with Gasteiger partial charge in [0.1, 0.15) is 24.4 Å². The Hall–Kier alpha value is -3.09. The number of nitrogens with one attached hydrogen (secondary N) is 1. The van der Waals surface area contributed by atoms with E-state index in [4.69, 9.17) is 28.7 Å². The van der Waals surface area contributed by atoms with Crippen molar-refractivity contribution in [2.24, 2.45) is 5.73 Å². The lowest BCUT2D eigenvalue weighted by atomic mass is 9.93. The Morgan fingerprint density at radius 2 is 1.52 bits per heavy atom. The second-order valence-electron chi connectivity index (χ2n) is 11.8. The van der Waals surface area contributed by atoms with Crippen LogP contribution < -0.4 is 30.5 Å². The number of nitrogens with two attached hydrogens (primary N) is 1. The van der Waals surface area contributed by atoms with Crippen molar-refractivity contribution in [2.45, 2.75) is 50.3 Å². The van der Waals surface area contributed by atoms with Crippen LogP contribution in [0.1, 0.15) is 40.5 Å². The van der Waals surface area contributed by atoms with Crippen molar-refractivity contribution in [3.8, 4) is 22.5 Å². The molecule has 1 heterocycles. The maximum atomic E-state index is 13.4. The van der Waals surface area contributed by atoms with E-state index in [1.807, 2.05) is 24.3 Å². The molecule has 3 N–H and O–H groups in total. The van der Waals surface area contributed by atoms with Crippen LogP contribution in [-0.2, 0) is 33.6 Å². The normalized spacial score (nSPS) is 11.9. The topological polar surface area (TPSA) is 161 Å². The first-order valence-electron chi connectivity index (χ1n) is 17.9. The number of anilines is 1. The first-order valence-corrected chi connectivity index (χ1v) is 20.1. The molecule has 0 radical (unpaired) electrons. The van der Waals surface area contributed by atoms with Crippen LogP contribution in [0.3, 0.4) is 0 Å². The Labute approximate surface area is 311 Å². The summed E-state index contributed by atoms with van der Waals surface area (Å²) >= 11 is 0.649. The fraction of sp³-hybridized carbons (Fsp3) is 0.486. The third-order valence-electron chi connectivity index (χ3n) is 8.62. The van der Waals surface area contributed by atoms with Crippen LogP contribution in [0.25, 0.3) is 33.4 Å². The average molecular weight is 761 g/mol. The van der Waals surface area contributed by atoms with E-state index in [0.717, 1.165) is 60.2 Å². The largest absolute Gasteiger partial charge is 0.691 e. The van der Waals surface area contributed by atoms with Gasteiger partial charge in [0.2, 0.25) is 15.4 Å². The number of sulfonamides is 1. The Bertz CT molecular complexity index is 1840. The van der Waals surface area contributed by atoms with Crippen molar-refractivity contribution in [1.82, 2.24) is 9.30 Å². The third-order valence-corrected chi connectivity index (χ3v) is 10.7. The fourth-order valence-corrected chi connectivity index (χ4v) is 7.63. The van der Waals surface area contributed by atoms with Gasteiger partial charge in [0.15, 0.2) is 0 Å². The van der Waals surface area contributed by atoms with Crippen molar-refractivity contribution in [2.75, 3.05) is 83.8 Å². The van der Waals surface area contributed by atoms with Crippen molar-refractivity contribution in [1.29, 1.82) is 0 Å². The van der Waals surface area contributed by atoms with Gasteiger partial charge in [-0.1, -0.05) is 6.07 Å². The van der Waals surface area contributed by atoms with E-state index in [9.17, 15) is 13.7 Å². The summed E-state index contributed by atoms with van der Waals surface area (Å²) in [6.45, 7) is 15.3. The van der Waals surface area contributed by atoms with E-state index < -0.39 is 10.0 Å². The molecule has 0 amide bonds. The molecule has 0 saturated carbocycles. The Morgan fingerprint density at radius 1 is 0.846 bits per heavy atom. The maximum Gasteiger partial charge on any atom is 0.240 e. The van der Waals surface area contributed by atoms with Crippen LogP contribution in [0.4, 0.5) is 5.69 Å². The van der Waals surface area contributed by atoms with Crippen LogP contribution >= 0.6 is 12.0 Å². The average Bonchev–Trinajstić information content (AvgIpc) is 3.15. The summed E-state index contributed by atoms with van der Waals surface area (Å²) in [6, 6.07) is 16.9. The molecule has 1 aliphatic carbocycles. The van der Waals surface area contributed by atoms with Crippen molar-refractivity contribution in [3.63, 3.8) is 0 Å². The lowest BCUT2D eigenvalue weighted by Gasteiger charge is -2.23. The molecule has 286 valence electrons. The van der Waals surface area contributed by atoms with Gasteiger partial charge < -0.3 is 34.5 Å². The van der Waals surface area contributed by atoms with Crippen molar-refractivity contribution >= 4 is 38.7 Å². The van der Waals surface area contributed by atoms with E-state index in [1.54, 1.807) is 12.1 Å². The van der Waals surface area contributed by atoms with Crippen LogP contribution in [0.2, 0.25) is 0 Å². The van der Waals surface area contributed by atoms with Crippen LogP contribution in [0, 0.1) is 0 Å². The molecule has 1 aliphatic heterocycles. The zero-order valence-electron chi connectivity index (χ0n) is 30.6. The highest BCUT2D eigenvalue weighted by molar-refractivity contribution is 7.94. The van der Waals surface area contributed by atoms with Gasteiger partial charge in [-0.15, -0.1) is 0 Å². The smallest absolute Gasteiger partial charge is 0.240 e. The summed E-state index contributed by atoms with van der Waals surface area (Å²) in [5, 5.41) is 16.5. The highest BCUT2D eigenvalue weighted by atomic mass is 32.2. The molecule has 13 nitrogen and oxygen atoms in total. The van der Waals surface area contributed by atoms with Crippen molar-refractivity contribution in [3.05, 3.63) is 60.0 Å².